The fourth-order valence-electron chi connectivity index (χ4n) is 2.26. The van der Waals surface area contributed by atoms with Gasteiger partial charge in [0.05, 0.1) is 19.2 Å². The van der Waals surface area contributed by atoms with E-state index in [1.54, 1.807) is 19.6 Å². The number of hydrogen-bond acceptors (Lipinski definition) is 5. The molecule has 0 unspecified atom stereocenters. The summed E-state index contributed by atoms with van der Waals surface area (Å²) >= 11 is 1.37. The smallest absolute Gasteiger partial charge is 0.355 e. The van der Waals surface area contributed by atoms with Crippen LogP contribution in [-0.2, 0) is 11.8 Å². The van der Waals surface area contributed by atoms with Crippen molar-refractivity contribution in [3.05, 3.63) is 39.8 Å². The summed E-state index contributed by atoms with van der Waals surface area (Å²) in [4.78, 5) is 15.2. The Kier molecular flexibility index (Phi) is 4.71. The summed E-state index contributed by atoms with van der Waals surface area (Å²) in [6, 6.07) is 5.79. The molecule has 5 nitrogen and oxygen atoms in total. The van der Waals surface area contributed by atoms with Gasteiger partial charge in [0, 0.05) is 10.8 Å². The number of aromatic nitrogens is 1. The Morgan fingerprint density at radius 2 is 1.95 bits per heavy atom. The minimum absolute atomic E-state index is 0.0976. The minimum Gasteiger partial charge on any atom is -0.493 e. The third-order valence-electron chi connectivity index (χ3n) is 3.40. The number of methoxy groups -OCH3 is 2. The van der Waals surface area contributed by atoms with Gasteiger partial charge in [-0.25, -0.2) is 9.78 Å². The zero-order valence-corrected chi connectivity index (χ0v) is 13.9. The summed E-state index contributed by atoms with van der Waals surface area (Å²) in [6.45, 7) is 4.10. The van der Waals surface area contributed by atoms with Crippen LogP contribution in [0.5, 0.6) is 11.5 Å². The van der Waals surface area contributed by atoms with Crippen LogP contribution < -0.4 is 9.47 Å². The van der Waals surface area contributed by atoms with Crippen molar-refractivity contribution in [1.82, 2.24) is 4.98 Å². The molecule has 1 N–H and O–H groups in total. The number of rotatable bonds is 6. The molecule has 1 aromatic carbocycles. The summed E-state index contributed by atoms with van der Waals surface area (Å²) in [7, 11) is 3.21. The molecule has 1 aromatic heterocycles. The fourth-order valence-corrected chi connectivity index (χ4v) is 3.18. The normalized spacial score (nSPS) is 11.3. The van der Waals surface area contributed by atoms with Crippen LogP contribution in [0.15, 0.2) is 23.6 Å². The van der Waals surface area contributed by atoms with Gasteiger partial charge < -0.3 is 14.6 Å². The Labute approximate surface area is 133 Å². The van der Waals surface area contributed by atoms with Gasteiger partial charge in [0.15, 0.2) is 17.2 Å². The second-order valence-electron chi connectivity index (χ2n) is 5.59. The van der Waals surface area contributed by atoms with E-state index in [4.69, 9.17) is 14.6 Å². The van der Waals surface area contributed by atoms with Gasteiger partial charge in [-0.1, -0.05) is 19.9 Å². The molecule has 0 saturated carbocycles. The van der Waals surface area contributed by atoms with Crippen molar-refractivity contribution >= 4 is 17.3 Å². The topological polar surface area (TPSA) is 68.7 Å². The van der Waals surface area contributed by atoms with E-state index in [0.29, 0.717) is 11.5 Å². The largest absolute Gasteiger partial charge is 0.493 e. The van der Waals surface area contributed by atoms with Crippen molar-refractivity contribution in [2.24, 2.45) is 0 Å². The van der Waals surface area contributed by atoms with E-state index in [1.165, 1.54) is 11.3 Å². The number of benzene rings is 1. The van der Waals surface area contributed by atoms with Crippen LogP contribution in [-0.4, -0.2) is 30.3 Å². The maximum absolute atomic E-state index is 11.0. The van der Waals surface area contributed by atoms with Gasteiger partial charge in [0.2, 0.25) is 0 Å². The van der Waals surface area contributed by atoms with Crippen molar-refractivity contribution in [3.8, 4) is 11.5 Å². The first-order valence-corrected chi connectivity index (χ1v) is 7.65. The molecular formula is C16H19NO4S. The minimum atomic E-state index is -0.996. The highest BCUT2D eigenvalue weighted by Gasteiger charge is 2.26. The average molecular weight is 321 g/mol. The molecule has 2 aromatic rings. The van der Waals surface area contributed by atoms with Crippen molar-refractivity contribution in [2.75, 3.05) is 14.2 Å². The number of aromatic carboxylic acids is 1. The molecule has 0 aliphatic carbocycles. The van der Waals surface area contributed by atoms with Crippen molar-refractivity contribution in [1.29, 1.82) is 0 Å². The Balaban J connectivity index is 2.25. The lowest BCUT2D eigenvalue weighted by Crippen LogP contribution is -2.20. The van der Waals surface area contributed by atoms with E-state index in [-0.39, 0.29) is 11.1 Å². The number of thiazole rings is 1. The molecule has 22 heavy (non-hydrogen) atoms. The summed E-state index contributed by atoms with van der Waals surface area (Å²) in [6.07, 6.45) is 0.722. The summed E-state index contributed by atoms with van der Waals surface area (Å²) in [5, 5.41) is 11.4. The fraction of sp³-hybridized carbons (Fsp3) is 0.375. The lowest BCUT2D eigenvalue weighted by atomic mass is 9.86. The molecule has 0 spiro atoms. The Bertz CT molecular complexity index is 679. The second-order valence-corrected chi connectivity index (χ2v) is 6.45. The molecule has 6 heteroatoms. The first-order chi connectivity index (χ1) is 10.4. The van der Waals surface area contributed by atoms with Crippen LogP contribution in [0.3, 0.4) is 0 Å². The number of nitrogens with zero attached hydrogens (tertiary/aromatic N) is 1. The predicted octanol–water partition coefficient (Wildman–Crippen LogP) is 3.38. The molecule has 0 bridgehead atoms. The van der Waals surface area contributed by atoms with E-state index in [9.17, 15) is 4.79 Å². The first kappa shape index (κ1) is 16.3. The Hall–Kier alpha value is -2.08. The molecular weight excluding hydrogens is 302 g/mol. The maximum atomic E-state index is 11.0. The van der Waals surface area contributed by atoms with E-state index >= 15 is 0 Å². The SMILES string of the molecule is COc1ccc(CC(C)(C)c2nc(C(=O)O)cs2)cc1OC. The predicted molar refractivity (Wildman–Crippen MR) is 85.3 cm³/mol. The average Bonchev–Trinajstić information content (AvgIpc) is 2.97. The van der Waals surface area contributed by atoms with Crippen molar-refractivity contribution < 1.29 is 19.4 Å². The van der Waals surface area contributed by atoms with E-state index in [1.807, 2.05) is 32.0 Å². The molecule has 0 aliphatic heterocycles. The van der Waals surface area contributed by atoms with Crippen LogP contribution in [0.4, 0.5) is 0 Å². The third kappa shape index (κ3) is 3.39. The molecule has 0 fully saturated rings. The molecule has 0 radical (unpaired) electrons. The van der Waals surface area contributed by atoms with Gasteiger partial charge in [-0.05, 0) is 24.1 Å². The van der Waals surface area contributed by atoms with Crippen LogP contribution in [0.25, 0.3) is 0 Å². The third-order valence-corrected chi connectivity index (χ3v) is 4.60. The van der Waals surface area contributed by atoms with E-state index < -0.39 is 5.97 Å². The van der Waals surface area contributed by atoms with Gasteiger partial charge in [-0.2, -0.15) is 0 Å². The number of ether oxygens (including phenoxy) is 2. The second kappa shape index (κ2) is 6.36. The summed E-state index contributed by atoms with van der Waals surface area (Å²) in [5.41, 5.74) is 0.910. The van der Waals surface area contributed by atoms with Gasteiger partial charge >= 0.3 is 5.97 Å². The van der Waals surface area contributed by atoms with Crippen LogP contribution >= 0.6 is 11.3 Å². The molecule has 0 atom stereocenters. The number of hydrogen-bond donors (Lipinski definition) is 1. The highest BCUT2D eigenvalue weighted by molar-refractivity contribution is 7.10. The highest BCUT2D eigenvalue weighted by atomic mass is 32.1. The van der Waals surface area contributed by atoms with Crippen molar-refractivity contribution in [2.45, 2.75) is 25.7 Å². The molecule has 118 valence electrons. The lowest BCUT2D eigenvalue weighted by Gasteiger charge is -2.22. The molecule has 0 aliphatic rings. The van der Waals surface area contributed by atoms with Crippen molar-refractivity contribution in [3.63, 3.8) is 0 Å². The summed E-state index contributed by atoms with van der Waals surface area (Å²) < 4.78 is 10.6. The van der Waals surface area contributed by atoms with Gasteiger partial charge in [0.1, 0.15) is 0 Å². The number of carboxylic acid groups (broad SMARTS) is 1. The first-order valence-electron chi connectivity index (χ1n) is 6.77. The zero-order valence-electron chi connectivity index (χ0n) is 13.0. The standard InChI is InChI=1S/C16H19NO4S/c1-16(2,15-17-11(9-22-15)14(18)19)8-10-5-6-12(20-3)13(7-10)21-4/h5-7,9H,8H2,1-4H3,(H,18,19). The van der Waals surface area contributed by atoms with Gasteiger partial charge in [0.25, 0.3) is 0 Å². The Morgan fingerprint density at radius 3 is 2.50 bits per heavy atom. The molecule has 1 heterocycles. The highest BCUT2D eigenvalue weighted by Crippen LogP contribution is 2.33. The molecule has 0 amide bonds. The molecule has 0 saturated heterocycles. The number of carboxylic acids is 1. The Morgan fingerprint density at radius 1 is 1.27 bits per heavy atom. The number of carbonyl (C=O) groups is 1. The maximum Gasteiger partial charge on any atom is 0.355 e. The van der Waals surface area contributed by atoms with Crippen LogP contribution in [0.2, 0.25) is 0 Å². The van der Waals surface area contributed by atoms with E-state index in [0.717, 1.165) is 17.0 Å². The van der Waals surface area contributed by atoms with E-state index in [2.05, 4.69) is 4.98 Å². The summed E-state index contributed by atoms with van der Waals surface area (Å²) in [5.74, 6) is 0.372. The monoisotopic (exact) mass is 321 g/mol. The zero-order chi connectivity index (χ0) is 16.3. The van der Waals surface area contributed by atoms with Gasteiger partial charge in [-0.15, -0.1) is 11.3 Å². The van der Waals surface area contributed by atoms with Crippen LogP contribution in [0, 0.1) is 0 Å². The van der Waals surface area contributed by atoms with Crippen LogP contribution in [0.1, 0.15) is 34.9 Å². The van der Waals surface area contributed by atoms with Gasteiger partial charge in [-0.3, -0.25) is 0 Å². The quantitative estimate of drug-likeness (QED) is 0.883. The lowest BCUT2D eigenvalue weighted by molar-refractivity contribution is 0.0691. The molecule has 2 rings (SSSR count).